The van der Waals surface area contributed by atoms with E-state index in [1.807, 2.05) is 24.3 Å². The molecule has 3 aromatic heterocycles. The van der Waals surface area contributed by atoms with E-state index in [9.17, 15) is 5.11 Å². The van der Waals surface area contributed by atoms with E-state index >= 15 is 0 Å². The lowest BCUT2D eigenvalue weighted by Gasteiger charge is -2.04. The summed E-state index contributed by atoms with van der Waals surface area (Å²) in [5.74, 6) is 1.35. The summed E-state index contributed by atoms with van der Waals surface area (Å²) in [4.78, 5) is 17.1. The standard InChI is InChI=1S/C20H14N4O2/c1-26-11-6-7-15(25)14(10-11)20-23-18-12-4-2-8-21-16(12)17-13(19(18)24-20)5-3-9-22-17/h2-10,25H,1H3,(H,23,24). The fourth-order valence-electron chi connectivity index (χ4n) is 3.30. The number of phenolic OH excluding ortho intramolecular Hbond substituents is 1. The van der Waals surface area contributed by atoms with Crippen LogP contribution in [0.15, 0.2) is 54.9 Å². The van der Waals surface area contributed by atoms with Crippen LogP contribution in [-0.4, -0.2) is 32.2 Å². The lowest BCUT2D eigenvalue weighted by molar-refractivity contribution is 0.412. The summed E-state index contributed by atoms with van der Waals surface area (Å²) in [6, 6.07) is 12.8. The molecule has 0 amide bonds. The number of H-pyrrole nitrogens is 1. The van der Waals surface area contributed by atoms with Crippen molar-refractivity contribution in [2.45, 2.75) is 0 Å². The van der Waals surface area contributed by atoms with Gasteiger partial charge < -0.3 is 14.8 Å². The second-order valence-electron chi connectivity index (χ2n) is 5.99. The first-order chi connectivity index (χ1) is 12.8. The number of benzene rings is 2. The van der Waals surface area contributed by atoms with Crippen LogP contribution in [0.1, 0.15) is 0 Å². The van der Waals surface area contributed by atoms with Crippen molar-refractivity contribution in [2.75, 3.05) is 7.11 Å². The highest BCUT2D eigenvalue weighted by Gasteiger charge is 2.16. The van der Waals surface area contributed by atoms with E-state index < -0.39 is 0 Å². The summed E-state index contributed by atoms with van der Waals surface area (Å²) in [7, 11) is 1.59. The number of hydrogen-bond donors (Lipinski definition) is 2. The van der Waals surface area contributed by atoms with Gasteiger partial charge in [0.25, 0.3) is 0 Å². The number of pyridine rings is 2. The minimum atomic E-state index is 0.134. The number of phenols is 1. The van der Waals surface area contributed by atoms with Crippen molar-refractivity contribution in [3.8, 4) is 22.9 Å². The monoisotopic (exact) mass is 342 g/mol. The molecule has 2 N–H and O–H groups in total. The number of rotatable bonds is 2. The number of fused-ring (bicyclic) bond motifs is 6. The van der Waals surface area contributed by atoms with E-state index in [1.54, 1.807) is 37.7 Å². The first-order valence-electron chi connectivity index (χ1n) is 8.15. The van der Waals surface area contributed by atoms with Crippen molar-refractivity contribution in [3.05, 3.63) is 54.9 Å². The van der Waals surface area contributed by atoms with E-state index in [-0.39, 0.29) is 5.75 Å². The number of aromatic amines is 1. The maximum absolute atomic E-state index is 10.3. The number of imidazole rings is 1. The predicted molar refractivity (Wildman–Crippen MR) is 100 cm³/mol. The number of nitrogens with one attached hydrogen (secondary N) is 1. The van der Waals surface area contributed by atoms with E-state index in [4.69, 9.17) is 9.72 Å². The maximum Gasteiger partial charge on any atom is 0.142 e. The summed E-state index contributed by atoms with van der Waals surface area (Å²) < 4.78 is 5.27. The molecule has 5 aromatic rings. The van der Waals surface area contributed by atoms with Crippen LogP contribution in [0.4, 0.5) is 0 Å². The van der Waals surface area contributed by atoms with E-state index in [0.717, 1.165) is 32.8 Å². The molecule has 3 heterocycles. The fourth-order valence-corrected chi connectivity index (χ4v) is 3.30. The molecule has 0 aliphatic heterocycles. The van der Waals surface area contributed by atoms with Gasteiger partial charge >= 0.3 is 0 Å². The van der Waals surface area contributed by atoms with Crippen molar-refractivity contribution < 1.29 is 9.84 Å². The van der Waals surface area contributed by atoms with Crippen molar-refractivity contribution >= 4 is 32.8 Å². The molecule has 0 saturated carbocycles. The molecule has 26 heavy (non-hydrogen) atoms. The van der Waals surface area contributed by atoms with Crippen LogP contribution < -0.4 is 4.74 Å². The third kappa shape index (κ3) is 2.02. The molecule has 0 spiro atoms. The molecule has 126 valence electrons. The Morgan fingerprint density at radius 1 is 0.923 bits per heavy atom. The molecule has 2 aromatic carbocycles. The zero-order valence-corrected chi connectivity index (χ0v) is 13.9. The van der Waals surface area contributed by atoms with Crippen molar-refractivity contribution in [2.24, 2.45) is 0 Å². The smallest absolute Gasteiger partial charge is 0.142 e. The molecular weight excluding hydrogens is 328 g/mol. The summed E-state index contributed by atoms with van der Waals surface area (Å²) in [5.41, 5.74) is 3.87. The third-order valence-electron chi connectivity index (χ3n) is 4.53. The van der Waals surface area contributed by atoms with E-state index in [2.05, 4.69) is 15.0 Å². The molecule has 0 unspecified atom stereocenters. The summed E-state index contributed by atoms with van der Waals surface area (Å²) >= 11 is 0. The highest BCUT2D eigenvalue weighted by atomic mass is 16.5. The minimum Gasteiger partial charge on any atom is -0.507 e. The summed E-state index contributed by atoms with van der Waals surface area (Å²) in [6.45, 7) is 0. The Hall–Kier alpha value is -3.67. The predicted octanol–water partition coefficient (Wildman–Crippen LogP) is 4.04. The molecule has 6 heteroatoms. The van der Waals surface area contributed by atoms with Gasteiger partial charge in [-0.15, -0.1) is 0 Å². The van der Waals surface area contributed by atoms with E-state index in [0.29, 0.717) is 17.1 Å². The largest absolute Gasteiger partial charge is 0.507 e. The van der Waals surface area contributed by atoms with Gasteiger partial charge in [0.05, 0.1) is 34.7 Å². The quantitative estimate of drug-likeness (QED) is 0.473. The topological polar surface area (TPSA) is 83.9 Å². The number of methoxy groups -OCH3 is 1. The van der Waals surface area contributed by atoms with Crippen molar-refractivity contribution in [1.29, 1.82) is 0 Å². The average molecular weight is 342 g/mol. The fraction of sp³-hybridized carbons (Fsp3) is 0.0500. The number of ether oxygens (including phenoxy) is 1. The van der Waals surface area contributed by atoms with Gasteiger partial charge in [-0.2, -0.15) is 0 Å². The summed E-state index contributed by atoms with van der Waals surface area (Å²) in [5, 5.41) is 12.2. The van der Waals surface area contributed by atoms with Gasteiger partial charge in [-0.05, 0) is 42.5 Å². The molecule has 0 fully saturated rings. The van der Waals surface area contributed by atoms with Gasteiger partial charge in [0.15, 0.2) is 0 Å². The Bertz CT molecular complexity index is 1220. The lowest BCUT2D eigenvalue weighted by atomic mass is 10.1. The highest BCUT2D eigenvalue weighted by molar-refractivity contribution is 6.21. The molecule has 0 bridgehead atoms. The average Bonchev–Trinajstić information content (AvgIpc) is 3.14. The zero-order chi connectivity index (χ0) is 17.7. The first kappa shape index (κ1) is 14.7. The van der Waals surface area contributed by atoms with Gasteiger partial charge in [-0.1, -0.05) is 0 Å². The van der Waals surface area contributed by atoms with Crippen LogP contribution in [0.5, 0.6) is 11.5 Å². The van der Waals surface area contributed by atoms with Gasteiger partial charge in [0.1, 0.15) is 17.3 Å². The van der Waals surface area contributed by atoms with Crippen LogP contribution in [0.2, 0.25) is 0 Å². The highest BCUT2D eigenvalue weighted by Crippen LogP contribution is 2.36. The summed E-state index contributed by atoms with van der Waals surface area (Å²) in [6.07, 6.45) is 3.51. The molecule has 5 rings (SSSR count). The van der Waals surface area contributed by atoms with Crippen LogP contribution in [0.25, 0.3) is 44.2 Å². The Morgan fingerprint density at radius 2 is 1.65 bits per heavy atom. The normalized spacial score (nSPS) is 11.4. The second-order valence-corrected chi connectivity index (χ2v) is 5.99. The number of aromatic hydroxyl groups is 1. The molecule has 0 aliphatic rings. The Balaban J connectivity index is 1.91. The molecule has 0 radical (unpaired) electrons. The lowest BCUT2D eigenvalue weighted by Crippen LogP contribution is -1.86. The Morgan fingerprint density at radius 3 is 2.42 bits per heavy atom. The van der Waals surface area contributed by atoms with Crippen LogP contribution in [0.3, 0.4) is 0 Å². The molecule has 0 atom stereocenters. The first-order valence-corrected chi connectivity index (χ1v) is 8.15. The number of nitrogens with zero attached hydrogens (tertiary/aromatic N) is 3. The Kier molecular flexibility index (Phi) is 3.05. The molecule has 0 aliphatic carbocycles. The maximum atomic E-state index is 10.3. The second kappa shape index (κ2) is 5.42. The third-order valence-corrected chi connectivity index (χ3v) is 4.53. The zero-order valence-electron chi connectivity index (χ0n) is 13.9. The Labute approximate surface area is 148 Å². The number of hydrogen-bond acceptors (Lipinski definition) is 5. The van der Waals surface area contributed by atoms with Gasteiger partial charge in [-0.25, -0.2) is 4.98 Å². The molecule has 6 nitrogen and oxygen atoms in total. The van der Waals surface area contributed by atoms with Crippen LogP contribution >= 0.6 is 0 Å². The van der Waals surface area contributed by atoms with Gasteiger partial charge in [0, 0.05) is 23.2 Å². The van der Waals surface area contributed by atoms with E-state index in [1.165, 1.54) is 0 Å². The molecular formula is C20H14N4O2. The number of aromatic nitrogens is 4. The SMILES string of the molecule is COc1ccc(O)c(-c2nc3c4cccnc4c4ncccc4c3[nH]2)c1. The minimum absolute atomic E-state index is 0.134. The molecule has 0 saturated heterocycles. The van der Waals surface area contributed by atoms with Gasteiger partial charge in [0.2, 0.25) is 0 Å². The van der Waals surface area contributed by atoms with Crippen LogP contribution in [0, 0.1) is 0 Å². The van der Waals surface area contributed by atoms with Crippen molar-refractivity contribution in [3.63, 3.8) is 0 Å². The van der Waals surface area contributed by atoms with Crippen LogP contribution in [-0.2, 0) is 0 Å². The van der Waals surface area contributed by atoms with Crippen molar-refractivity contribution in [1.82, 2.24) is 19.9 Å². The van der Waals surface area contributed by atoms with Gasteiger partial charge in [-0.3, -0.25) is 9.97 Å².